The summed E-state index contributed by atoms with van der Waals surface area (Å²) in [6.45, 7) is 4.59. The van der Waals surface area contributed by atoms with Crippen molar-refractivity contribution < 1.29 is 19.1 Å². The van der Waals surface area contributed by atoms with E-state index in [0.717, 1.165) is 6.54 Å². The van der Waals surface area contributed by atoms with Crippen molar-refractivity contribution in [3.05, 3.63) is 0 Å². The topological polar surface area (TPSA) is 55.8 Å². The number of Topliss-reactive ketones (excluding diaryl/α,β-unsaturated/α-hetero) is 1. The Morgan fingerprint density at radius 1 is 1.56 bits per heavy atom. The Balaban J connectivity index is 2.48. The van der Waals surface area contributed by atoms with E-state index in [1.807, 2.05) is 0 Å². The van der Waals surface area contributed by atoms with Crippen molar-refractivity contribution in [2.24, 2.45) is 5.92 Å². The Kier molecular flexibility index (Phi) is 5.42. The average Bonchev–Trinajstić information content (AvgIpc) is 2.28. The Morgan fingerprint density at radius 2 is 2.31 bits per heavy atom. The first-order valence-electron chi connectivity index (χ1n) is 5.59. The highest BCUT2D eigenvalue weighted by atomic mass is 16.5. The summed E-state index contributed by atoms with van der Waals surface area (Å²) in [4.78, 5) is 25.2. The molecule has 1 saturated heterocycles. The highest BCUT2D eigenvalue weighted by Gasteiger charge is 2.33. The van der Waals surface area contributed by atoms with Crippen molar-refractivity contribution >= 4 is 11.8 Å². The number of ketones is 1. The number of likely N-dealkylation sites (tertiary alicyclic amines) is 1. The maximum Gasteiger partial charge on any atom is 0.317 e. The summed E-state index contributed by atoms with van der Waals surface area (Å²) in [7, 11) is 1.64. The molecule has 0 bridgehead atoms. The van der Waals surface area contributed by atoms with Crippen molar-refractivity contribution in [2.45, 2.75) is 13.3 Å². The number of hydrogen-bond donors (Lipinski definition) is 0. The molecule has 1 atom stereocenters. The molecule has 1 aliphatic heterocycles. The minimum Gasteiger partial charge on any atom is -0.465 e. The van der Waals surface area contributed by atoms with E-state index < -0.39 is 11.9 Å². The zero-order valence-electron chi connectivity index (χ0n) is 9.90. The van der Waals surface area contributed by atoms with Crippen LogP contribution in [0.3, 0.4) is 0 Å². The molecule has 1 rings (SSSR count). The molecule has 5 heteroatoms. The second kappa shape index (κ2) is 6.60. The van der Waals surface area contributed by atoms with Crippen LogP contribution in [0.15, 0.2) is 0 Å². The van der Waals surface area contributed by atoms with Gasteiger partial charge >= 0.3 is 5.97 Å². The van der Waals surface area contributed by atoms with E-state index in [-0.39, 0.29) is 5.78 Å². The van der Waals surface area contributed by atoms with Crippen molar-refractivity contribution in [3.8, 4) is 0 Å². The van der Waals surface area contributed by atoms with E-state index in [2.05, 4.69) is 4.90 Å². The number of ether oxygens (including phenoxy) is 2. The van der Waals surface area contributed by atoms with Gasteiger partial charge in [0.2, 0.25) is 0 Å². The van der Waals surface area contributed by atoms with E-state index >= 15 is 0 Å². The molecule has 92 valence electrons. The first-order valence-corrected chi connectivity index (χ1v) is 5.59. The number of piperidine rings is 1. The van der Waals surface area contributed by atoms with Gasteiger partial charge < -0.3 is 9.47 Å². The quantitative estimate of drug-likeness (QED) is 0.494. The third-order valence-electron chi connectivity index (χ3n) is 2.69. The van der Waals surface area contributed by atoms with Crippen LogP contribution in [-0.4, -0.2) is 56.6 Å². The van der Waals surface area contributed by atoms with Crippen LogP contribution in [0, 0.1) is 5.92 Å². The van der Waals surface area contributed by atoms with Gasteiger partial charge in [0.05, 0.1) is 13.2 Å². The maximum atomic E-state index is 11.6. The zero-order valence-corrected chi connectivity index (χ0v) is 9.90. The smallest absolute Gasteiger partial charge is 0.317 e. The first-order chi connectivity index (χ1) is 7.69. The summed E-state index contributed by atoms with van der Waals surface area (Å²) in [5.41, 5.74) is 0. The zero-order chi connectivity index (χ0) is 12.0. The molecule has 5 nitrogen and oxygen atoms in total. The molecule has 0 amide bonds. The van der Waals surface area contributed by atoms with Gasteiger partial charge in [0, 0.05) is 33.2 Å². The molecule has 1 unspecified atom stereocenters. The molecular weight excluding hydrogens is 210 g/mol. The predicted octanol–water partition coefficient (Wildman–Crippen LogP) is 0.0869. The molecule has 0 spiro atoms. The molecule has 0 aromatic rings. The van der Waals surface area contributed by atoms with E-state index in [1.54, 1.807) is 14.0 Å². The van der Waals surface area contributed by atoms with Crippen LogP contribution in [-0.2, 0) is 19.1 Å². The maximum absolute atomic E-state index is 11.6. The molecule has 16 heavy (non-hydrogen) atoms. The summed E-state index contributed by atoms with van der Waals surface area (Å²) in [6, 6.07) is 0. The highest BCUT2D eigenvalue weighted by molar-refractivity contribution is 5.99. The van der Waals surface area contributed by atoms with Crippen LogP contribution in [0.4, 0.5) is 0 Å². The van der Waals surface area contributed by atoms with Gasteiger partial charge in [-0.15, -0.1) is 0 Å². The molecule has 0 aromatic heterocycles. The van der Waals surface area contributed by atoms with Gasteiger partial charge in [-0.25, -0.2) is 0 Å². The number of rotatable bonds is 5. The van der Waals surface area contributed by atoms with E-state index in [0.29, 0.717) is 32.7 Å². The number of carbonyl (C=O) groups is 2. The van der Waals surface area contributed by atoms with Crippen molar-refractivity contribution in [1.29, 1.82) is 0 Å². The summed E-state index contributed by atoms with van der Waals surface area (Å²) in [5, 5.41) is 0. The largest absolute Gasteiger partial charge is 0.465 e. The van der Waals surface area contributed by atoms with E-state index in [9.17, 15) is 9.59 Å². The second-order valence-electron chi connectivity index (χ2n) is 3.81. The van der Waals surface area contributed by atoms with Crippen molar-refractivity contribution in [2.75, 3.05) is 40.0 Å². The lowest BCUT2D eigenvalue weighted by atomic mass is 9.96. The fourth-order valence-electron chi connectivity index (χ4n) is 1.77. The van der Waals surface area contributed by atoms with Gasteiger partial charge in [-0.3, -0.25) is 14.5 Å². The van der Waals surface area contributed by atoms with Crippen LogP contribution in [0.25, 0.3) is 0 Å². The summed E-state index contributed by atoms with van der Waals surface area (Å²) < 4.78 is 9.86. The van der Waals surface area contributed by atoms with Gasteiger partial charge in [-0.2, -0.15) is 0 Å². The fraction of sp³-hybridized carbons (Fsp3) is 0.818. The van der Waals surface area contributed by atoms with Crippen molar-refractivity contribution in [3.63, 3.8) is 0 Å². The Bertz CT molecular complexity index is 254. The summed E-state index contributed by atoms with van der Waals surface area (Å²) >= 11 is 0. The molecule has 0 saturated carbocycles. The van der Waals surface area contributed by atoms with E-state index in [4.69, 9.17) is 9.47 Å². The SMILES string of the molecule is CCOC(=O)C1CN(CCOC)CCC1=O. The molecule has 1 heterocycles. The van der Waals surface area contributed by atoms with Gasteiger partial charge in [0.25, 0.3) is 0 Å². The summed E-state index contributed by atoms with van der Waals surface area (Å²) in [6.07, 6.45) is 0.424. The average molecular weight is 229 g/mol. The molecule has 0 aromatic carbocycles. The van der Waals surface area contributed by atoms with E-state index in [1.165, 1.54) is 0 Å². The van der Waals surface area contributed by atoms with Gasteiger partial charge in [-0.1, -0.05) is 0 Å². The van der Waals surface area contributed by atoms with Gasteiger partial charge in [-0.05, 0) is 6.92 Å². The third kappa shape index (κ3) is 3.57. The lowest BCUT2D eigenvalue weighted by Gasteiger charge is -2.30. The molecular formula is C11H19NO4. The van der Waals surface area contributed by atoms with Gasteiger partial charge in [0.1, 0.15) is 11.7 Å². The summed E-state index contributed by atoms with van der Waals surface area (Å²) in [5.74, 6) is -1.01. The number of hydrogen-bond acceptors (Lipinski definition) is 5. The second-order valence-corrected chi connectivity index (χ2v) is 3.81. The van der Waals surface area contributed by atoms with Crippen LogP contribution in [0.1, 0.15) is 13.3 Å². The predicted molar refractivity (Wildman–Crippen MR) is 58.1 cm³/mol. The normalized spacial score (nSPS) is 22.1. The minimum absolute atomic E-state index is 0.00730. The van der Waals surface area contributed by atoms with Crippen molar-refractivity contribution in [1.82, 2.24) is 4.90 Å². The lowest BCUT2D eigenvalue weighted by molar-refractivity contribution is -0.154. The molecule has 1 fully saturated rings. The molecule has 0 N–H and O–H groups in total. The Morgan fingerprint density at radius 3 is 2.94 bits per heavy atom. The number of nitrogens with zero attached hydrogens (tertiary/aromatic N) is 1. The number of carbonyl (C=O) groups excluding carboxylic acids is 2. The lowest BCUT2D eigenvalue weighted by Crippen LogP contribution is -2.45. The van der Waals surface area contributed by atoms with Gasteiger partial charge in [0.15, 0.2) is 0 Å². The fourth-order valence-corrected chi connectivity index (χ4v) is 1.77. The molecule has 0 aliphatic carbocycles. The van der Waals surface area contributed by atoms with Crippen LogP contribution >= 0.6 is 0 Å². The number of esters is 1. The highest BCUT2D eigenvalue weighted by Crippen LogP contribution is 2.14. The van der Waals surface area contributed by atoms with Crippen LogP contribution < -0.4 is 0 Å². The van der Waals surface area contributed by atoms with Crippen LogP contribution in [0.2, 0.25) is 0 Å². The Hall–Kier alpha value is -0.940. The first kappa shape index (κ1) is 13.1. The van der Waals surface area contributed by atoms with Crippen LogP contribution in [0.5, 0.6) is 0 Å². The monoisotopic (exact) mass is 229 g/mol. The molecule has 0 radical (unpaired) electrons. The number of methoxy groups -OCH3 is 1. The standard InChI is InChI=1S/C11H19NO4/c1-3-16-11(14)9-8-12(6-7-15-2)5-4-10(9)13/h9H,3-8H2,1-2H3. The third-order valence-corrected chi connectivity index (χ3v) is 2.69. The Labute approximate surface area is 95.7 Å². The molecule has 1 aliphatic rings. The minimum atomic E-state index is -0.606.